The van der Waals surface area contributed by atoms with Gasteiger partial charge in [-0.1, -0.05) is 8.67 Å². The summed E-state index contributed by atoms with van der Waals surface area (Å²) in [6.45, 7) is 0. The molecule has 0 amide bonds. The van der Waals surface area contributed by atoms with Crippen LogP contribution in [-0.2, 0) is 46.5 Å². The minimum Gasteiger partial charge on any atom is -0.412 e. The third kappa shape index (κ3) is 24.5. The van der Waals surface area contributed by atoms with Crippen LogP contribution >= 0.6 is 0 Å². The quantitative estimate of drug-likeness (QED) is 0.235. The fraction of sp³-hybridized carbons (Fsp3) is 0. The Balaban J connectivity index is -0.000000135. The van der Waals surface area contributed by atoms with Gasteiger partial charge < -0.3 is 11.0 Å². The van der Waals surface area contributed by atoms with Crippen LogP contribution < -0.4 is 0 Å². The van der Waals surface area contributed by atoms with Gasteiger partial charge in [0.1, 0.15) is 0 Å². The van der Waals surface area contributed by atoms with E-state index in [9.17, 15) is 16.8 Å². The van der Waals surface area contributed by atoms with Crippen molar-refractivity contribution in [3.8, 4) is 0 Å². The average Bonchev–Trinajstić information content (AvgIpc) is 1.57. The minimum absolute atomic E-state index is 0. The van der Waals surface area contributed by atoms with Crippen molar-refractivity contribution in [2.24, 2.45) is 0 Å². The van der Waals surface area contributed by atoms with E-state index in [0.717, 1.165) is 0 Å². The molecule has 0 aliphatic carbocycles. The normalized spacial score (nSPS) is 10.3. The summed E-state index contributed by atoms with van der Waals surface area (Å²) < 4.78 is 58.9. The molecule has 0 aliphatic heterocycles. The van der Waals surface area contributed by atoms with Crippen LogP contribution in [0.4, 0.5) is 0 Å². The van der Waals surface area contributed by atoms with Crippen LogP contribution in [-0.4, -0.2) is 36.9 Å². The van der Waals surface area contributed by atoms with E-state index >= 15 is 0 Å². The average molecular weight is 285 g/mol. The molecule has 0 heterocycles. The zero-order chi connectivity index (χ0) is 8.41. The molecular weight excluding hydrogens is 279 g/mol. The Hall–Kier alpha value is 0.179. The maximum Gasteiger partial charge on any atom is 0.425 e. The second-order valence-corrected chi connectivity index (χ2v) is 2.97. The largest absolute Gasteiger partial charge is 0.425 e. The van der Waals surface area contributed by atoms with Crippen LogP contribution in [0.25, 0.3) is 0 Å². The van der Waals surface area contributed by atoms with E-state index in [1.165, 1.54) is 0 Å². The molecule has 85 valence electrons. The van der Waals surface area contributed by atoms with Crippen molar-refractivity contribution in [3.05, 3.63) is 0 Å². The summed E-state index contributed by atoms with van der Waals surface area (Å²) >= 11 is 0. The Bertz CT molecular complexity index is 249. The molecule has 0 aliphatic rings. The molecule has 13 heavy (non-hydrogen) atoms. The first kappa shape index (κ1) is 23.2. The van der Waals surface area contributed by atoms with Gasteiger partial charge in [-0.3, -0.25) is 9.11 Å². The van der Waals surface area contributed by atoms with Crippen LogP contribution in [0.5, 0.6) is 0 Å². The van der Waals surface area contributed by atoms with E-state index in [4.69, 9.17) is 9.11 Å². The fourth-order valence-electron chi connectivity index (χ4n) is 0.0702. The van der Waals surface area contributed by atoms with Gasteiger partial charge in [-0.15, -0.1) is 0 Å². The third-order valence-electron chi connectivity index (χ3n) is 0.200. The van der Waals surface area contributed by atoms with Gasteiger partial charge in [0.2, 0.25) is 0 Å². The summed E-state index contributed by atoms with van der Waals surface area (Å²) in [4.78, 5) is 0. The van der Waals surface area contributed by atoms with Crippen molar-refractivity contribution in [1.82, 2.24) is 0 Å². The topological polar surface area (TPSA) is 190 Å². The molecule has 13 heteroatoms. The summed E-state index contributed by atoms with van der Waals surface area (Å²) in [5, 5.41) is 0. The monoisotopic (exact) mass is 285 g/mol. The summed E-state index contributed by atoms with van der Waals surface area (Å²) in [5.41, 5.74) is 0. The zero-order valence-electron chi connectivity index (χ0n) is 5.54. The molecule has 0 rings (SSSR count). The molecule has 0 aromatic heterocycles. The second kappa shape index (κ2) is 7.57. The van der Waals surface area contributed by atoms with Gasteiger partial charge in [-0.2, -0.15) is 16.8 Å². The smallest absolute Gasteiger partial charge is 0.412 e. The molecular formula is H6MnO10S2. The predicted molar refractivity (Wildman–Crippen MR) is 32.5 cm³/mol. The molecule has 0 unspecified atom stereocenters. The SMILES string of the molecule is O.O.O=S(=O)(O)OOS(=O)(=O)O.[Mn]. The van der Waals surface area contributed by atoms with Gasteiger partial charge in [-0.05, 0) is 0 Å². The summed E-state index contributed by atoms with van der Waals surface area (Å²) in [5.74, 6) is 0. The third-order valence-corrected chi connectivity index (χ3v) is 0.766. The first-order valence-electron chi connectivity index (χ1n) is 1.53. The van der Waals surface area contributed by atoms with E-state index in [-0.39, 0.29) is 28.0 Å². The first-order valence-corrected chi connectivity index (χ1v) is 4.26. The molecule has 0 spiro atoms. The van der Waals surface area contributed by atoms with Crippen molar-refractivity contribution in [2.75, 3.05) is 0 Å². The van der Waals surface area contributed by atoms with Crippen LogP contribution in [0.15, 0.2) is 0 Å². The Morgan fingerprint density at radius 2 is 0.923 bits per heavy atom. The van der Waals surface area contributed by atoms with Gasteiger partial charge in [0.25, 0.3) is 0 Å². The van der Waals surface area contributed by atoms with Gasteiger partial charge in [0, 0.05) is 17.1 Å². The van der Waals surface area contributed by atoms with Gasteiger partial charge in [-0.25, -0.2) is 0 Å². The number of rotatable bonds is 3. The maximum absolute atomic E-state index is 9.51. The second-order valence-electron chi connectivity index (χ2n) is 0.992. The molecule has 6 N–H and O–H groups in total. The van der Waals surface area contributed by atoms with Crippen molar-refractivity contribution in [1.29, 1.82) is 0 Å². The number of hydrogen-bond acceptors (Lipinski definition) is 6. The van der Waals surface area contributed by atoms with Gasteiger partial charge in [0.05, 0.1) is 0 Å². The Kier molecular flexibility index (Phi) is 13.5. The van der Waals surface area contributed by atoms with Crippen LogP contribution in [0.1, 0.15) is 0 Å². The minimum atomic E-state index is -5.02. The molecule has 0 aromatic carbocycles. The molecule has 0 saturated heterocycles. The number of hydrogen-bond donors (Lipinski definition) is 2. The Morgan fingerprint density at radius 1 is 0.769 bits per heavy atom. The first-order chi connectivity index (χ1) is 4.21. The van der Waals surface area contributed by atoms with Gasteiger partial charge >= 0.3 is 20.8 Å². The van der Waals surface area contributed by atoms with Crippen LogP contribution in [0.2, 0.25) is 0 Å². The zero-order valence-corrected chi connectivity index (χ0v) is 8.35. The predicted octanol–water partition coefficient (Wildman–Crippen LogP) is -3.11. The van der Waals surface area contributed by atoms with E-state index in [0.29, 0.717) is 0 Å². The molecule has 0 aromatic rings. The van der Waals surface area contributed by atoms with Gasteiger partial charge in [0.15, 0.2) is 0 Å². The Labute approximate surface area is 83.8 Å². The summed E-state index contributed by atoms with van der Waals surface area (Å²) in [7, 11) is -10.0. The molecule has 0 atom stereocenters. The Morgan fingerprint density at radius 3 is 1.00 bits per heavy atom. The van der Waals surface area contributed by atoms with E-state index < -0.39 is 20.8 Å². The molecule has 0 fully saturated rings. The molecule has 0 saturated carbocycles. The van der Waals surface area contributed by atoms with Crippen molar-refractivity contribution < 1.29 is 62.6 Å². The van der Waals surface area contributed by atoms with E-state index in [1.54, 1.807) is 0 Å². The molecule has 0 bridgehead atoms. The van der Waals surface area contributed by atoms with E-state index in [2.05, 4.69) is 8.67 Å². The summed E-state index contributed by atoms with van der Waals surface area (Å²) in [6, 6.07) is 0. The summed E-state index contributed by atoms with van der Waals surface area (Å²) in [6.07, 6.45) is 0. The van der Waals surface area contributed by atoms with Crippen molar-refractivity contribution in [2.45, 2.75) is 0 Å². The van der Waals surface area contributed by atoms with Crippen molar-refractivity contribution in [3.63, 3.8) is 0 Å². The standard InChI is InChI=1S/Mn.H2O8S2.2H2O/c;1-9(2,3)7-8-10(4,5)6;;/h;(H,1,2,3)(H,4,5,6);2*1H2. The van der Waals surface area contributed by atoms with Crippen LogP contribution in [0.3, 0.4) is 0 Å². The molecule has 10 nitrogen and oxygen atoms in total. The maximum atomic E-state index is 9.51. The van der Waals surface area contributed by atoms with E-state index in [1.807, 2.05) is 0 Å². The molecule has 1 radical (unpaired) electrons. The fourth-order valence-corrected chi connectivity index (χ4v) is 0.632. The van der Waals surface area contributed by atoms with Crippen molar-refractivity contribution >= 4 is 20.8 Å². The van der Waals surface area contributed by atoms with Crippen LogP contribution in [0, 0.1) is 0 Å².